The van der Waals surface area contributed by atoms with Crippen LogP contribution in [0.15, 0.2) is 66.7 Å². The van der Waals surface area contributed by atoms with Crippen molar-refractivity contribution < 1.29 is 19.7 Å². The second kappa shape index (κ2) is 8.92. The van der Waals surface area contributed by atoms with E-state index in [1.807, 2.05) is 68.5 Å². The Labute approximate surface area is 192 Å². The molecule has 33 heavy (non-hydrogen) atoms. The lowest BCUT2D eigenvalue weighted by Crippen LogP contribution is -2.31. The van der Waals surface area contributed by atoms with E-state index in [0.29, 0.717) is 5.56 Å². The molecular formula is C27H26N2O4. The van der Waals surface area contributed by atoms with Crippen LogP contribution in [-0.4, -0.2) is 32.3 Å². The summed E-state index contributed by atoms with van der Waals surface area (Å²) in [6, 6.07) is 20.7. The fourth-order valence-electron chi connectivity index (χ4n) is 3.46. The lowest BCUT2D eigenvalue weighted by Gasteiger charge is -2.18. The molecule has 1 heterocycles. The van der Waals surface area contributed by atoms with Gasteiger partial charge in [-0.05, 0) is 73.9 Å². The molecule has 4 aromatic rings. The Morgan fingerprint density at radius 2 is 1.64 bits per heavy atom. The number of nitrogens with zero attached hydrogens (tertiary/aromatic N) is 1. The number of rotatable bonds is 7. The van der Waals surface area contributed by atoms with E-state index >= 15 is 0 Å². The van der Waals surface area contributed by atoms with Gasteiger partial charge in [0.1, 0.15) is 11.6 Å². The average Bonchev–Trinajstić information content (AvgIpc) is 3.21. The van der Waals surface area contributed by atoms with E-state index < -0.39 is 11.6 Å². The molecule has 168 valence electrons. The molecule has 4 rings (SSSR count). The number of imidazole rings is 1. The lowest BCUT2D eigenvalue weighted by atomic mass is 9.95. The van der Waals surface area contributed by atoms with Crippen LogP contribution in [0.2, 0.25) is 0 Å². The van der Waals surface area contributed by atoms with E-state index in [1.54, 1.807) is 24.3 Å². The minimum atomic E-state index is -1.91. The van der Waals surface area contributed by atoms with Gasteiger partial charge in [0.05, 0.1) is 17.1 Å². The number of hydrogen-bond acceptors (Lipinski definition) is 4. The van der Waals surface area contributed by atoms with Crippen LogP contribution in [0, 0.1) is 0 Å². The molecule has 0 saturated carbocycles. The van der Waals surface area contributed by atoms with Gasteiger partial charge in [0.15, 0.2) is 5.60 Å². The van der Waals surface area contributed by atoms with Crippen LogP contribution >= 0.6 is 0 Å². The zero-order valence-corrected chi connectivity index (χ0v) is 18.7. The van der Waals surface area contributed by atoms with Gasteiger partial charge in [-0.1, -0.05) is 42.5 Å². The number of carboxylic acid groups (broad SMARTS) is 1. The summed E-state index contributed by atoms with van der Waals surface area (Å²) >= 11 is 0. The molecule has 0 saturated heterocycles. The van der Waals surface area contributed by atoms with Crippen molar-refractivity contribution in [3.63, 3.8) is 0 Å². The minimum absolute atomic E-state index is 0.131. The molecule has 3 aromatic carbocycles. The maximum Gasteiger partial charge on any atom is 0.340 e. The summed E-state index contributed by atoms with van der Waals surface area (Å²) in [6.07, 6.45) is 4.03. The van der Waals surface area contributed by atoms with Gasteiger partial charge < -0.3 is 19.9 Å². The Balaban J connectivity index is 1.52. The van der Waals surface area contributed by atoms with Crippen LogP contribution in [-0.2, 0) is 10.4 Å². The maximum absolute atomic E-state index is 11.2. The van der Waals surface area contributed by atoms with Crippen molar-refractivity contribution in [2.45, 2.75) is 32.5 Å². The normalized spacial score (nSPS) is 13.5. The van der Waals surface area contributed by atoms with Crippen LogP contribution in [0.4, 0.5) is 0 Å². The maximum atomic E-state index is 11.2. The summed E-state index contributed by atoms with van der Waals surface area (Å²) in [5.74, 6) is 0.345. The summed E-state index contributed by atoms with van der Waals surface area (Å²) in [5.41, 5.74) is 3.10. The molecule has 0 amide bonds. The van der Waals surface area contributed by atoms with E-state index in [2.05, 4.69) is 4.98 Å². The third-order valence-corrected chi connectivity index (χ3v) is 5.36. The molecule has 0 radical (unpaired) electrons. The number of H-pyrrole nitrogens is 1. The number of aromatic nitrogens is 2. The molecule has 6 heteroatoms. The molecule has 1 unspecified atom stereocenters. The van der Waals surface area contributed by atoms with Gasteiger partial charge in [0, 0.05) is 5.56 Å². The molecule has 0 aliphatic carbocycles. The second-order valence-electron chi connectivity index (χ2n) is 8.39. The van der Waals surface area contributed by atoms with E-state index in [1.165, 1.54) is 6.92 Å². The average molecular weight is 443 g/mol. The van der Waals surface area contributed by atoms with Gasteiger partial charge in [-0.15, -0.1) is 0 Å². The first-order valence-corrected chi connectivity index (χ1v) is 10.7. The van der Waals surface area contributed by atoms with E-state index in [4.69, 9.17) is 14.8 Å². The Kier molecular flexibility index (Phi) is 6.03. The van der Waals surface area contributed by atoms with Crippen LogP contribution in [0.25, 0.3) is 34.6 Å². The van der Waals surface area contributed by atoms with Gasteiger partial charge in [0.2, 0.25) is 0 Å². The van der Waals surface area contributed by atoms with Crippen LogP contribution in [0.3, 0.4) is 0 Å². The Bertz CT molecular complexity index is 1300. The number of carbonyl (C=O) groups is 1. The fraction of sp³-hybridized carbons (Fsp3) is 0.185. The van der Waals surface area contributed by atoms with Crippen molar-refractivity contribution >= 4 is 29.2 Å². The monoisotopic (exact) mass is 442 g/mol. The number of aliphatic hydroxyl groups is 1. The molecular weight excluding hydrogens is 416 g/mol. The Morgan fingerprint density at radius 1 is 1.00 bits per heavy atom. The van der Waals surface area contributed by atoms with Gasteiger partial charge in [-0.25, -0.2) is 9.78 Å². The van der Waals surface area contributed by atoms with Crippen molar-refractivity contribution in [3.8, 4) is 17.1 Å². The molecule has 0 aliphatic heterocycles. The van der Waals surface area contributed by atoms with Crippen molar-refractivity contribution in [2.24, 2.45) is 0 Å². The smallest absolute Gasteiger partial charge is 0.340 e. The summed E-state index contributed by atoms with van der Waals surface area (Å²) in [5, 5.41) is 19.2. The highest BCUT2D eigenvalue weighted by Gasteiger charge is 2.31. The quantitative estimate of drug-likeness (QED) is 0.330. The molecule has 3 N–H and O–H groups in total. The third-order valence-electron chi connectivity index (χ3n) is 5.36. The highest BCUT2D eigenvalue weighted by atomic mass is 16.5. The van der Waals surface area contributed by atoms with Gasteiger partial charge >= 0.3 is 5.97 Å². The van der Waals surface area contributed by atoms with Gasteiger partial charge in [-0.2, -0.15) is 0 Å². The molecule has 1 atom stereocenters. The lowest BCUT2D eigenvalue weighted by molar-refractivity contribution is -0.157. The standard InChI is InChI=1S/C27H26N2O4/c1-17(2)33-22-13-9-20(10-14-22)25-28-23-15-8-19(16-24(23)29-25)5-4-18-6-11-21(12-7-18)27(3,32)26(30)31/h4-17,32H,1-3H3,(H,28,29)(H,30,31)/b5-4-. The first-order chi connectivity index (χ1) is 15.7. The van der Waals surface area contributed by atoms with Gasteiger partial charge in [-0.3, -0.25) is 0 Å². The fourth-order valence-corrected chi connectivity index (χ4v) is 3.46. The summed E-state index contributed by atoms with van der Waals surface area (Å²) < 4.78 is 5.70. The predicted octanol–water partition coefficient (Wildman–Crippen LogP) is 5.48. The van der Waals surface area contributed by atoms with Crippen molar-refractivity contribution in [1.82, 2.24) is 9.97 Å². The van der Waals surface area contributed by atoms with E-state index in [9.17, 15) is 9.90 Å². The molecule has 0 spiro atoms. The number of ether oxygens (including phenoxy) is 1. The van der Waals surface area contributed by atoms with E-state index in [0.717, 1.165) is 39.3 Å². The SMILES string of the molecule is CC(C)Oc1ccc(-c2nc3cc(/C=C\c4ccc(C(C)(O)C(=O)O)cc4)ccc3[nH]2)cc1. The second-order valence-corrected chi connectivity index (χ2v) is 8.39. The zero-order valence-electron chi connectivity index (χ0n) is 18.7. The van der Waals surface area contributed by atoms with Crippen LogP contribution in [0.1, 0.15) is 37.5 Å². The molecule has 0 fully saturated rings. The largest absolute Gasteiger partial charge is 0.491 e. The highest BCUT2D eigenvalue weighted by Crippen LogP contribution is 2.25. The number of carboxylic acids is 1. The van der Waals surface area contributed by atoms with Crippen molar-refractivity contribution in [2.75, 3.05) is 0 Å². The number of fused-ring (bicyclic) bond motifs is 1. The van der Waals surface area contributed by atoms with Crippen LogP contribution in [0.5, 0.6) is 5.75 Å². The first-order valence-electron chi connectivity index (χ1n) is 10.7. The van der Waals surface area contributed by atoms with Gasteiger partial charge in [0.25, 0.3) is 0 Å². The highest BCUT2D eigenvalue weighted by molar-refractivity contribution is 5.83. The summed E-state index contributed by atoms with van der Waals surface area (Å²) in [4.78, 5) is 19.3. The predicted molar refractivity (Wildman–Crippen MR) is 130 cm³/mol. The Morgan fingerprint density at radius 3 is 2.27 bits per heavy atom. The van der Waals surface area contributed by atoms with Crippen LogP contribution < -0.4 is 4.74 Å². The van der Waals surface area contributed by atoms with E-state index in [-0.39, 0.29) is 6.10 Å². The van der Waals surface area contributed by atoms with Crippen molar-refractivity contribution in [3.05, 3.63) is 83.4 Å². The first kappa shape index (κ1) is 22.3. The minimum Gasteiger partial charge on any atom is -0.491 e. The number of benzene rings is 3. The zero-order chi connectivity index (χ0) is 23.6. The third kappa shape index (κ3) is 4.96. The topological polar surface area (TPSA) is 95.4 Å². The summed E-state index contributed by atoms with van der Waals surface area (Å²) in [6.45, 7) is 5.26. The molecule has 6 nitrogen and oxygen atoms in total. The number of nitrogens with one attached hydrogen (secondary N) is 1. The van der Waals surface area contributed by atoms with Crippen molar-refractivity contribution in [1.29, 1.82) is 0 Å². The molecule has 1 aromatic heterocycles. The number of aromatic amines is 1. The number of hydrogen-bond donors (Lipinski definition) is 3. The Hall–Kier alpha value is -3.90. The number of aliphatic carboxylic acids is 1. The summed E-state index contributed by atoms with van der Waals surface area (Å²) in [7, 11) is 0. The molecule has 0 aliphatic rings. The molecule has 0 bridgehead atoms.